The lowest BCUT2D eigenvalue weighted by Gasteiger charge is -2.32. The summed E-state index contributed by atoms with van der Waals surface area (Å²) in [5.74, 6) is 1.04. The van der Waals surface area contributed by atoms with Gasteiger partial charge in [0.25, 0.3) is 5.91 Å². The zero-order valence-corrected chi connectivity index (χ0v) is 32.5. The Hall–Kier alpha value is -6.10. The second kappa shape index (κ2) is 18.9. The molecule has 1 atom stereocenters. The third-order valence-corrected chi connectivity index (χ3v) is 10.4. The maximum Gasteiger partial charge on any atom is 0.305 e. The highest BCUT2D eigenvalue weighted by atomic mass is 16.5. The Morgan fingerprint density at radius 3 is 2.33 bits per heavy atom. The van der Waals surface area contributed by atoms with E-state index >= 15 is 0 Å². The van der Waals surface area contributed by atoms with Crippen LogP contribution in [-0.4, -0.2) is 113 Å². The molecule has 2 aliphatic rings. The zero-order valence-electron chi connectivity index (χ0n) is 32.5. The number of anilines is 1. The van der Waals surface area contributed by atoms with Crippen molar-refractivity contribution in [2.45, 2.75) is 44.3 Å². The molecule has 2 amide bonds. The highest BCUT2D eigenvalue weighted by Crippen LogP contribution is 2.35. The Morgan fingerprint density at radius 1 is 0.879 bits per heavy atom. The normalized spacial score (nSPS) is 15.1. The molecule has 0 spiro atoms. The fraction of sp³-hybridized carbons (Fsp3) is 0.381. The molecule has 2 aliphatic heterocycles. The van der Waals surface area contributed by atoms with Crippen molar-refractivity contribution in [3.63, 3.8) is 0 Å². The number of nitrogen functional groups attached to an aromatic ring is 1. The molecule has 1 saturated heterocycles. The van der Waals surface area contributed by atoms with E-state index in [2.05, 4.69) is 19.6 Å². The quantitative estimate of drug-likeness (QED) is 0.0883. The number of carbonyl (C=O) groups is 3. The molecular weight excluding hydrogens is 745 g/mol. The number of ether oxygens (including phenoxy) is 5. The number of methoxy groups -OCH3 is 1. The van der Waals surface area contributed by atoms with Gasteiger partial charge in [0.15, 0.2) is 5.65 Å². The summed E-state index contributed by atoms with van der Waals surface area (Å²) >= 11 is 0. The average Bonchev–Trinajstić information content (AvgIpc) is 3.79. The number of rotatable bonds is 19. The fourth-order valence-electron chi connectivity index (χ4n) is 7.35. The van der Waals surface area contributed by atoms with Crippen LogP contribution >= 0.6 is 0 Å². The third kappa shape index (κ3) is 9.53. The van der Waals surface area contributed by atoms with Crippen LogP contribution < -0.4 is 20.9 Å². The van der Waals surface area contributed by atoms with Crippen LogP contribution in [0, 0.1) is 0 Å². The van der Waals surface area contributed by atoms with E-state index in [4.69, 9.17) is 35.5 Å². The Kier molecular flexibility index (Phi) is 13.1. The summed E-state index contributed by atoms with van der Waals surface area (Å²) in [7, 11) is 1.27. The minimum absolute atomic E-state index is 0.0203. The lowest BCUT2D eigenvalue weighted by Crippen LogP contribution is -2.45. The summed E-state index contributed by atoms with van der Waals surface area (Å²) in [5, 5.41) is 5.80. The van der Waals surface area contributed by atoms with E-state index in [-0.39, 0.29) is 31.3 Å². The Labute approximate surface area is 336 Å². The van der Waals surface area contributed by atoms with Crippen molar-refractivity contribution in [1.29, 1.82) is 0 Å². The molecule has 2 aromatic heterocycles. The van der Waals surface area contributed by atoms with Crippen molar-refractivity contribution < 1.29 is 38.1 Å². The first-order chi connectivity index (χ1) is 28.3. The number of fused-ring (bicyclic) bond motifs is 2. The number of likely N-dealkylation sites (tertiary alicyclic amines) is 1. The van der Waals surface area contributed by atoms with Crippen LogP contribution in [0.3, 0.4) is 0 Å². The van der Waals surface area contributed by atoms with Gasteiger partial charge in [-0.05, 0) is 79.4 Å². The van der Waals surface area contributed by atoms with Gasteiger partial charge in [0.1, 0.15) is 47.7 Å². The van der Waals surface area contributed by atoms with Crippen LogP contribution in [0.15, 0.2) is 79.1 Å². The topological polar surface area (TPSA) is 199 Å². The first kappa shape index (κ1) is 40.1. The van der Waals surface area contributed by atoms with Gasteiger partial charge in [0.05, 0.1) is 45.0 Å². The van der Waals surface area contributed by atoms with Gasteiger partial charge in [0, 0.05) is 43.7 Å². The second-order valence-electron chi connectivity index (χ2n) is 14.1. The Balaban J connectivity index is 0.803. The van der Waals surface area contributed by atoms with Gasteiger partial charge in [0.2, 0.25) is 5.91 Å². The van der Waals surface area contributed by atoms with Gasteiger partial charge in [-0.1, -0.05) is 18.2 Å². The molecule has 1 unspecified atom stereocenters. The average molecular weight is 793 g/mol. The van der Waals surface area contributed by atoms with Crippen molar-refractivity contribution in [3.05, 3.63) is 90.3 Å². The highest BCUT2D eigenvalue weighted by molar-refractivity contribution is 6.01. The monoisotopic (exact) mass is 792 g/mol. The SMILES string of the molecule is COC(=O)CCC(C(N)=O)N1Cc2cc(OCCOCCOCCN3CCC(n4nc(-c5ccc(Oc6ccccc6)cc5)c5c(N)ncnc54)CC3)ccc2C1=O. The maximum absolute atomic E-state index is 13.0. The molecule has 4 heterocycles. The molecule has 4 N–H and O–H groups in total. The Morgan fingerprint density at radius 2 is 1.59 bits per heavy atom. The molecule has 16 heteroatoms. The van der Waals surface area contributed by atoms with Crippen molar-refractivity contribution in [1.82, 2.24) is 29.5 Å². The molecule has 0 saturated carbocycles. The summed E-state index contributed by atoms with van der Waals surface area (Å²) in [6.45, 7) is 4.99. The lowest BCUT2D eigenvalue weighted by molar-refractivity contribution is -0.141. The van der Waals surface area contributed by atoms with Crippen molar-refractivity contribution in [3.8, 4) is 28.5 Å². The largest absolute Gasteiger partial charge is 0.491 e. The predicted octanol–water partition coefficient (Wildman–Crippen LogP) is 4.38. The number of nitrogens with two attached hydrogens (primary N) is 2. The molecule has 0 radical (unpaired) electrons. The minimum atomic E-state index is -0.913. The molecule has 5 aromatic rings. The van der Waals surface area contributed by atoms with E-state index < -0.39 is 17.9 Å². The van der Waals surface area contributed by atoms with E-state index in [1.165, 1.54) is 18.3 Å². The number of benzene rings is 3. The molecule has 16 nitrogen and oxygen atoms in total. The predicted molar refractivity (Wildman–Crippen MR) is 214 cm³/mol. The van der Waals surface area contributed by atoms with Crippen molar-refractivity contribution in [2.75, 3.05) is 65.5 Å². The minimum Gasteiger partial charge on any atom is -0.491 e. The number of aromatic nitrogens is 4. The summed E-state index contributed by atoms with van der Waals surface area (Å²) in [4.78, 5) is 49.3. The standard InChI is InChI=1S/C42H48N8O8/c1-54-36(51)14-13-35(40(44)52)49-26-29-25-33(11-12-34(29)42(49)53)57-24-23-56-22-21-55-20-19-48-17-15-30(16-18-48)50-41-37(39(43)45-27-46-41)38(47-50)28-7-9-32(10-8-28)58-31-5-3-2-4-6-31/h2-12,25,27,30,35H,13-24,26H2,1H3,(H2,44,52)(H2,43,45,46). The van der Waals surface area contributed by atoms with Crippen LogP contribution in [0.4, 0.5) is 5.82 Å². The number of primary amides is 1. The summed E-state index contributed by atoms with van der Waals surface area (Å²) in [6.07, 6.45) is 3.39. The first-order valence-corrected chi connectivity index (χ1v) is 19.4. The van der Waals surface area contributed by atoms with Gasteiger partial charge in [-0.2, -0.15) is 5.10 Å². The molecule has 58 heavy (non-hydrogen) atoms. The number of hydrogen-bond acceptors (Lipinski definition) is 13. The molecular formula is C42H48N8O8. The zero-order chi connectivity index (χ0) is 40.4. The number of nitrogens with zero attached hydrogens (tertiary/aromatic N) is 6. The fourth-order valence-corrected chi connectivity index (χ4v) is 7.35. The summed E-state index contributed by atoms with van der Waals surface area (Å²) < 4.78 is 30.1. The van der Waals surface area contributed by atoms with Gasteiger partial charge in [-0.15, -0.1) is 0 Å². The van der Waals surface area contributed by atoms with E-state index in [9.17, 15) is 14.4 Å². The summed E-state index contributed by atoms with van der Waals surface area (Å²) in [6, 6.07) is 21.9. The lowest BCUT2D eigenvalue weighted by atomic mass is 10.1. The smallest absolute Gasteiger partial charge is 0.305 e. The molecule has 0 bridgehead atoms. The van der Waals surface area contributed by atoms with Crippen LogP contribution in [0.5, 0.6) is 17.2 Å². The maximum atomic E-state index is 13.0. The van der Waals surface area contributed by atoms with Crippen molar-refractivity contribution in [2.24, 2.45) is 5.73 Å². The number of piperidine rings is 1. The number of amides is 2. The van der Waals surface area contributed by atoms with Gasteiger partial charge >= 0.3 is 5.97 Å². The van der Waals surface area contributed by atoms with Crippen molar-refractivity contribution >= 4 is 34.6 Å². The van der Waals surface area contributed by atoms with E-state index in [1.807, 2.05) is 59.3 Å². The molecule has 304 valence electrons. The molecule has 0 aliphatic carbocycles. The van der Waals surface area contributed by atoms with E-state index in [0.29, 0.717) is 50.2 Å². The Bertz CT molecular complexity index is 2190. The van der Waals surface area contributed by atoms with Crippen LogP contribution in [0.2, 0.25) is 0 Å². The molecule has 1 fully saturated rings. The van der Waals surface area contributed by atoms with E-state index in [1.54, 1.807) is 18.2 Å². The van der Waals surface area contributed by atoms with Gasteiger partial charge in [-0.25, -0.2) is 14.6 Å². The summed E-state index contributed by atoms with van der Waals surface area (Å²) in [5.41, 5.74) is 15.6. The molecule has 3 aromatic carbocycles. The van der Waals surface area contributed by atoms with E-state index in [0.717, 1.165) is 71.8 Å². The van der Waals surface area contributed by atoms with Gasteiger partial charge in [-0.3, -0.25) is 14.4 Å². The molecule has 7 rings (SSSR count). The highest BCUT2D eigenvalue weighted by Gasteiger charge is 2.36. The third-order valence-electron chi connectivity index (χ3n) is 10.4. The van der Waals surface area contributed by atoms with Crippen LogP contribution in [-0.2, 0) is 30.3 Å². The number of hydrogen-bond donors (Lipinski definition) is 2. The number of para-hydroxylation sites is 1. The van der Waals surface area contributed by atoms with Gasteiger partial charge < -0.3 is 45.0 Å². The van der Waals surface area contributed by atoms with Crippen LogP contribution in [0.1, 0.15) is 47.6 Å². The second-order valence-corrected chi connectivity index (χ2v) is 14.1. The number of carbonyl (C=O) groups excluding carboxylic acids is 3. The number of esters is 1. The van der Waals surface area contributed by atoms with Crippen LogP contribution in [0.25, 0.3) is 22.3 Å². The first-order valence-electron chi connectivity index (χ1n) is 19.4.